The summed E-state index contributed by atoms with van der Waals surface area (Å²) in [5, 5.41) is 0. The Hall–Kier alpha value is -1.39. The van der Waals surface area contributed by atoms with Crippen LogP contribution in [0, 0.1) is 0 Å². The van der Waals surface area contributed by atoms with Crippen LogP contribution in [0.2, 0.25) is 0 Å². The molecule has 0 amide bonds. The fourth-order valence-electron chi connectivity index (χ4n) is 1.87. The topological polar surface area (TPSA) is 38.8 Å². The van der Waals surface area contributed by atoms with E-state index in [4.69, 9.17) is 9.47 Å². The molecular formula is C15H23NO3. The fraction of sp³-hybridized carbons (Fsp3) is 0.533. The van der Waals surface area contributed by atoms with Gasteiger partial charge in [0.2, 0.25) is 0 Å². The Bertz CT molecular complexity index is 404. The molecule has 4 nitrogen and oxygen atoms in total. The number of carbonyl (C=O) groups excluding carboxylic acids is 1. The first-order chi connectivity index (χ1) is 9.10. The molecule has 0 spiro atoms. The molecule has 0 heterocycles. The van der Waals surface area contributed by atoms with Crippen LogP contribution in [0.1, 0.15) is 24.2 Å². The van der Waals surface area contributed by atoms with Gasteiger partial charge < -0.3 is 9.47 Å². The molecule has 19 heavy (non-hydrogen) atoms. The molecule has 0 unspecified atom stereocenters. The first-order valence-corrected chi connectivity index (χ1v) is 6.49. The maximum absolute atomic E-state index is 12.3. The number of para-hydroxylation sites is 1. The average Bonchev–Trinajstić information content (AvgIpc) is 2.42. The van der Waals surface area contributed by atoms with E-state index in [1.54, 1.807) is 20.3 Å². The zero-order valence-corrected chi connectivity index (χ0v) is 12.2. The maximum Gasteiger partial charge on any atom is 0.180 e. The van der Waals surface area contributed by atoms with E-state index in [0.717, 1.165) is 6.54 Å². The van der Waals surface area contributed by atoms with Crippen molar-refractivity contribution in [3.63, 3.8) is 0 Å². The van der Waals surface area contributed by atoms with Gasteiger partial charge in [-0.3, -0.25) is 9.69 Å². The van der Waals surface area contributed by atoms with Crippen molar-refractivity contribution in [1.82, 2.24) is 4.90 Å². The number of rotatable bonds is 8. The van der Waals surface area contributed by atoms with Crippen LogP contribution >= 0.6 is 0 Å². The van der Waals surface area contributed by atoms with Crippen molar-refractivity contribution in [2.24, 2.45) is 0 Å². The van der Waals surface area contributed by atoms with Crippen molar-refractivity contribution in [1.29, 1.82) is 0 Å². The van der Waals surface area contributed by atoms with Gasteiger partial charge in [0.15, 0.2) is 5.78 Å². The highest BCUT2D eigenvalue weighted by molar-refractivity contribution is 6.00. The smallest absolute Gasteiger partial charge is 0.180 e. The lowest BCUT2D eigenvalue weighted by atomic mass is 10.1. The number of carbonyl (C=O) groups is 1. The molecular weight excluding hydrogens is 242 g/mol. The largest absolute Gasteiger partial charge is 0.496 e. The van der Waals surface area contributed by atoms with Crippen molar-refractivity contribution >= 4 is 5.78 Å². The second kappa shape index (κ2) is 7.92. The van der Waals surface area contributed by atoms with E-state index in [1.807, 2.05) is 18.2 Å². The van der Waals surface area contributed by atoms with Gasteiger partial charge in [-0.25, -0.2) is 0 Å². The Kier molecular flexibility index (Phi) is 6.53. The fourth-order valence-corrected chi connectivity index (χ4v) is 1.87. The van der Waals surface area contributed by atoms with Gasteiger partial charge >= 0.3 is 0 Å². The summed E-state index contributed by atoms with van der Waals surface area (Å²) in [6.07, 6.45) is 0. The molecule has 106 valence electrons. The van der Waals surface area contributed by atoms with Gasteiger partial charge in [-0.2, -0.15) is 0 Å². The molecule has 0 aromatic heterocycles. The van der Waals surface area contributed by atoms with Crippen LogP contribution < -0.4 is 4.74 Å². The number of ether oxygens (including phenoxy) is 2. The molecule has 0 bridgehead atoms. The molecule has 0 aliphatic carbocycles. The van der Waals surface area contributed by atoms with Crippen LogP contribution in [0.4, 0.5) is 0 Å². The van der Waals surface area contributed by atoms with E-state index >= 15 is 0 Å². The lowest BCUT2D eigenvalue weighted by Crippen LogP contribution is -2.38. The van der Waals surface area contributed by atoms with E-state index in [0.29, 0.717) is 30.5 Å². The van der Waals surface area contributed by atoms with Gasteiger partial charge in [0.05, 0.1) is 25.8 Å². The highest BCUT2D eigenvalue weighted by Crippen LogP contribution is 2.18. The van der Waals surface area contributed by atoms with E-state index in [2.05, 4.69) is 18.7 Å². The second-order valence-corrected chi connectivity index (χ2v) is 4.68. The standard InChI is InChI=1S/C15H23NO3/c1-12(2)16(9-10-18-3)11-14(17)13-7-5-6-8-15(13)19-4/h5-8,12H,9-11H2,1-4H3. The van der Waals surface area contributed by atoms with Crippen molar-refractivity contribution in [3.05, 3.63) is 29.8 Å². The van der Waals surface area contributed by atoms with Crippen molar-refractivity contribution in [2.45, 2.75) is 19.9 Å². The number of ketones is 1. The lowest BCUT2D eigenvalue weighted by Gasteiger charge is -2.25. The van der Waals surface area contributed by atoms with Crippen molar-refractivity contribution in [3.8, 4) is 5.75 Å². The van der Waals surface area contributed by atoms with Crippen LogP contribution in [-0.4, -0.2) is 50.6 Å². The molecule has 1 rings (SSSR count). The third-order valence-electron chi connectivity index (χ3n) is 3.07. The zero-order valence-electron chi connectivity index (χ0n) is 12.2. The summed E-state index contributed by atoms with van der Waals surface area (Å²) in [5.74, 6) is 0.699. The van der Waals surface area contributed by atoms with E-state index in [1.165, 1.54) is 0 Å². The van der Waals surface area contributed by atoms with E-state index in [-0.39, 0.29) is 5.78 Å². The summed E-state index contributed by atoms with van der Waals surface area (Å²) >= 11 is 0. The van der Waals surface area contributed by atoms with Crippen molar-refractivity contribution in [2.75, 3.05) is 33.9 Å². The molecule has 4 heteroatoms. The maximum atomic E-state index is 12.3. The van der Waals surface area contributed by atoms with Crippen LogP contribution in [0.5, 0.6) is 5.75 Å². The number of benzene rings is 1. The number of methoxy groups -OCH3 is 2. The lowest BCUT2D eigenvalue weighted by molar-refractivity contribution is 0.0849. The van der Waals surface area contributed by atoms with Gasteiger partial charge in [-0.1, -0.05) is 12.1 Å². The average molecular weight is 265 g/mol. The van der Waals surface area contributed by atoms with Crippen molar-refractivity contribution < 1.29 is 14.3 Å². The molecule has 0 saturated heterocycles. The van der Waals surface area contributed by atoms with Crippen LogP contribution in [0.3, 0.4) is 0 Å². The first kappa shape index (κ1) is 15.7. The minimum absolute atomic E-state index is 0.0715. The van der Waals surface area contributed by atoms with E-state index < -0.39 is 0 Å². The van der Waals surface area contributed by atoms with Gasteiger partial charge in [0, 0.05) is 19.7 Å². The molecule has 0 radical (unpaired) electrons. The summed E-state index contributed by atoms with van der Waals surface area (Å²) in [6.45, 7) is 5.89. The summed E-state index contributed by atoms with van der Waals surface area (Å²) in [6, 6.07) is 7.62. The molecule has 0 fully saturated rings. The molecule has 0 saturated carbocycles. The summed E-state index contributed by atoms with van der Waals surface area (Å²) in [5.41, 5.74) is 0.632. The number of Topliss-reactive ketones (excluding diaryl/α,β-unsaturated/α-hetero) is 1. The minimum Gasteiger partial charge on any atom is -0.496 e. The Morgan fingerprint density at radius 1 is 1.26 bits per heavy atom. The molecule has 0 N–H and O–H groups in total. The van der Waals surface area contributed by atoms with Crippen LogP contribution in [-0.2, 0) is 4.74 Å². The number of nitrogens with zero attached hydrogens (tertiary/aromatic N) is 1. The number of hydrogen-bond donors (Lipinski definition) is 0. The van der Waals surface area contributed by atoms with Gasteiger partial charge in [-0.15, -0.1) is 0 Å². The highest BCUT2D eigenvalue weighted by atomic mass is 16.5. The Labute approximate surface area is 115 Å². The molecule has 0 aliphatic heterocycles. The van der Waals surface area contributed by atoms with Gasteiger partial charge in [0.1, 0.15) is 5.75 Å². The normalized spacial score (nSPS) is 11.1. The van der Waals surface area contributed by atoms with E-state index in [9.17, 15) is 4.79 Å². The summed E-state index contributed by atoms with van der Waals surface area (Å²) in [7, 11) is 3.25. The molecule has 1 aromatic carbocycles. The Balaban J connectivity index is 2.76. The molecule has 1 aromatic rings. The van der Waals surface area contributed by atoms with Gasteiger partial charge in [-0.05, 0) is 26.0 Å². The molecule has 0 aliphatic rings. The number of hydrogen-bond acceptors (Lipinski definition) is 4. The first-order valence-electron chi connectivity index (χ1n) is 6.49. The third-order valence-corrected chi connectivity index (χ3v) is 3.07. The minimum atomic E-state index is 0.0715. The zero-order chi connectivity index (χ0) is 14.3. The summed E-state index contributed by atoms with van der Waals surface area (Å²) in [4.78, 5) is 14.4. The highest BCUT2D eigenvalue weighted by Gasteiger charge is 2.17. The monoisotopic (exact) mass is 265 g/mol. The predicted octanol–water partition coefficient (Wildman–Crippen LogP) is 2.23. The summed E-state index contributed by atoms with van der Waals surface area (Å²) < 4.78 is 10.3. The van der Waals surface area contributed by atoms with Crippen LogP contribution in [0.25, 0.3) is 0 Å². The molecule has 0 atom stereocenters. The third kappa shape index (κ3) is 4.65. The predicted molar refractivity (Wildman–Crippen MR) is 75.9 cm³/mol. The second-order valence-electron chi connectivity index (χ2n) is 4.68. The Morgan fingerprint density at radius 3 is 2.53 bits per heavy atom. The van der Waals surface area contributed by atoms with Crippen LogP contribution in [0.15, 0.2) is 24.3 Å². The SMILES string of the molecule is COCCN(CC(=O)c1ccccc1OC)C(C)C. The Morgan fingerprint density at radius 2 is 1.95 bits per heavy atom. The van der Waals surface area contributed by atoms with Gasteiger partial charge in [0.25, 0.3) is 0 Å². The quantitative estimate of drug-likeness (QED) is 0.676.